The number of nitrogens with zero attached hydrogens (tertiary/aromatic N) is 4. The fourth-order valence-corrected chi connectivity index (χ4v) is 3.07. The Morgan fingerprint density at radius 3 is 2.15 bits per heavy atom. The Morgan fingerprint density at radius 2 is 1.58 bits per heavy atom. The van der Waals surface area contributed by atoms with Crippen LogP contribution in [0, 0.1) is 0 Å². The molecule has 0 spiro atoms. The van der Waals surface area contributed by atoms with E-state index < -0.39 is 0 Å². The Morgan fingerprint density at radius 1 is 0.962 bits per heavy atom. The molecule has 138 valence electrons. The highest BCUT2D eigenvalue weighted by Crippen LogP contribution is 2.12. The molecule has 1 fully saturated rings. The second-order valence-electron chi connectivity index (χ2n) is 6.88. The van der Waals surface area contributed by atoms with Crippen LogP contribution in [0.5, 0.6) is 0 Å². The molecule has 2 amide bonds. The van der Waals surface area contributed by atoms with Gasteiger partial charge < -0.3 is 14.4 Å². The lowest BCUT2D eigenvalue weighted by Crippen LogP contribution is -2.51. The van der Waals surface area contributed by atoms with Crippen molar-refractivity contribution in [1.29, 1.82) is 0 Å². The minimum absolute atomic E-state index is 0.104. The summed E-state index contributed by atoms with van der Waals surface area (Å²) in [6, 6.07) is 12.1. The van der Waals surface area contributed by atoms with E-state index in [1.165, 1.54) is 0 Å². The molecule has 3 rings (SSSR count). The number of carbonyl (C=O) groups excluding carboxylic acids is 2. The zero-order valence-corrected chi connectivity index (χ0v) is 15.5. The number of amides is 2. The Hall–Kier alpha value is -2.60. The van der Waals surface area contributed by atoms with Crippen LogP contribution in [0.4, 0.5) is 0 Å². The summed E-state index contributed by atoms with van der Waals surface area (Å²) in [4.78, 5) is 29.9. The molecule has 0 saturated carbocycles. The molecule has 1 aromatic heterocycles. The van der Waals surface area contributed by atoms with Gasteiger partial charge in [-0.1, -0.05) is 12.1 Å². The molecule has 0 unspecified atom stereocenters. The van der Waals surface area contributed by atoms with E-state index in [-0.39, 0.29) is 11.8 Å². The predicted octanol–water partition coefficient (Wildman–Crippen LogP) is 1.25. The normalized spacial score (nSPS) is 15.1. The number of aromatic nitrogens is 1. The van der Waals surface area contributed by atoms with Crippen molar-refractivity contribution in [3.8, 4) is 5.69 Å². The second kappa shape index (κ2) is 8.19. The molecule has 0 aliphatic carbocycles. The first-order valence-electron chi connectivity index (χ1n) is 8.95. The van der Waals surface area contributed by atoms with Crippen LogP contribution in [0.15, 0.2) is 48.8 Å². The van der Waals surface area contributed by atoms with Crippen molar-refractivity contribution in [1.82, 2.24) is 19.3 Å². The molecule has 2 heterocycles. The minimum Gasteiger partial charge on any atom is -0.348 e. The number of carbonyl (C=O) groups is 2. The van der Waals surface area contributed by atoms with Crippen molar-refractivity contribution in [2.75, 3.05) is 46.8 Å². The average Bonchev–Trinajstić information content (AvgIpc) is 3.17. The summed E-state index contributed by atoms with van der Waals surface area (Å²) in [6.07, 6.45) is 4.42. The van der Waals surface area contributed by atoms with E-state index >= 15 is 0 Å². The zero-order chi connectivity index (χ0) is 18.5. The van der Waals surface area contributed by atoms with Gasteiger partial charge in [0.05, 0.1) is 13.0 Å². The van der Waals surface area contributed by atoms with Gasteiger partial charge in [-0.3, -0.25) is 14.5 Å². The van der Waals surface area contributed by atoms with E-state index in [9.17, 15) is 9.59 Å². The molecule has 0 atom stereocenters. The number of piperazine rings is 1. The van der Waals surface area contributed by atoms with E-state index in [4.69, 9.17) is 0 Å². The van der Waals surface area contributed by atoms with Gasteiger partial charge in [0, 0.05) is 58.4 Å². The zero-order valence-electron chi connectivity index (χ0n) is 15.5. The first-order chi connectivity index (χ1) is 12.5. The standard InChI is InChI=1S/C20H26N4O2/c1-21(2)20(26)16-22-11-13-24(14-12-22)19(25)15-17-5-7-18(8-6-17)23-9-3-4-10-23/h3-10H,11-16H2,1-2H3. The van der Waals surface area contributed by atoms with Gasteiger partial charge in [0.25, 0.3) is 0 Å². The van der Waals surface area contributed by atoms with Gasteiger partial charge >= 0.3 is 0 Å². The molecule has 1 aromatic carbocycles. The number of hydrogen-bond acceptors (Lipinski definition) is 3. The van der Waals surface area contributed by atoms with Gasteiger partial charge in [-0.05, 0) is 29.8 Å². The summed E-state index contributed by atoms with van der Waals surface area (Å²) in [6.45, 7) is 3.29. The van der Waals surface area contributed by atoms with E-state index in [1.807, 2.05) is 58.3 Å². The summed E-state index contributed by atoms with van der Waals surface area (Å²) >= 11 is 0. The Kier molecular flexibility index (Phi) is 5.73. The largest absolute Gasteiger partial charge is 0.348 e. The molecule has 0 radical (unpaired) electrons. The van der Waals surface area contributed by atoms with Gasteiger partial charge in [-0.25, -0.2) is 0 Å². The number of hydrogen-bond donors (Lipinski definition) is 0. The lowest BCUT2D eigenvalue weighted by Gasteiger charge is -2.34. The summed E-state index contributed by atoms with van der Waals surface area (Å²) in [7, 11) is 3.54. The van der Waals surface area contributed by atoms with Crippen LogP contribution < -0.4 is 0 Å². The molecule has 0 N–H and O–H groups in total. The molecule has 1 aliphatic heterocycles. The third-order valence-corrected chi connectivity index (χ3v) is 4.78. The van der Waals surface area contributed by atoms with Gasteiger partial charge in [-0.2, -0.15) is 0 Å². The van der Waals surface area contributed by atoms with Crippen LogP contribution >= 0.6 is 0 Å². The van der Waals surface area contributed by atoms with Crippen molar-refractivity contribution in [2.24, 2.45) is 0 Å². The van der Waals surface area contributed by atoms with Crippen molar-refractivity contribution in [3.05, 3.63) is 54.4 Å². The first-order valence-corrected chi connectivity index (χ1v) is 8.95. The van der Waals surface area contributed by atoms with Crippen molar-refractivity contribution in [2.45, 2.75) is 6.42 Å². The number of rotatable bonds is 5. The molecule has 6 heteroatoms. The van der Waals surface area contributed by atoms with Gasteiger partial charge in [-0.15, -0.1) is 0 Å². The van der Waals surface area contributed by atoms with Crippen LogP contribution in [0.25, 0.3) is 5.69 Å². The highest BCUT2D eigenvalue weighted by molar-refractivity contribution is 5.79. The number of benzene rings is 1. The molecular formula is C20H26N4O2. The van der Waals surface area contributed by atoms with Crippen LogP contribution in [-0.4, -0.2) is 77.9 Å². The molecule has 1 saturated heterocycles. The molecule has 0 bridgehead atoms. The monoisotopic (exact) mass is 354 g/mol. The maximum absolute atomic E-state index is 12.5. The summed E-state index contributed by atoms with van der Waals surface area (Å²) < 4.78 is 2.04. The van der Waals surface area contributed by atoms with E-state index in [0.717, 1.165) is 24.3 Å². The van der Waals surface area contributed by atoms with Crippen LogP contribution in [-0.2, 0) is 16.0 Å². The van der Waals surface area contributed by atoms with Crippen LogP contribution in [0.1, 0.15) is 5.56 Å². The van der Waals surface area contributed by atoms with Gasteiger partial charge in [0.1, 0.15) is 0 Å². The third-order valence-electron chi connectivity index (χ3n) is 4.78. The van der Waals surface area contributed by atoms with E-state index in [0.29, 0.717) is 26.1 Å². The van der Waals surface area contributed by atoms with E-state index in [2.05, 4.69) is 4.90 Å². The smallest absolute Gasteiger partial charge is 0.236 e. The number of likely N-dealkylation sites (N-methyl/N-ethyl adjacent to an activating group) is 1. The maximum Gasteiger partial charge on any atom is 0.236 e. The second-order valence-corrected chi connectivity index (χ2v) is 6.88. The van der Waals surface area contributed by atoms with Crippen LogP contribution in [0.3, 0.4) is 0 Å². The SMILES string of the molecule is CN(C)C(=O)CN1CCN(C(=O)Cc2ccc(-n3cccc3)cc2)CC1. The fourth-order valence-electron chi connectivity index (χ4n) is 3.07. The lowest BCUT2D eigenvalue weighted by molar-refractivity contribution is -0.133. The molecular weight excluding hydrogens is 328 g/mol. The Labute approximate surface area is 154 Å². The van der Waals surface area contributed by atoms with Crippen molar-refractivity contribution < 1.29 is 9.59 Å². The Balaban J connectivity index is 1.49. The molecule has 6 nitrogen and oxygen atoms in total. The van der Waals surface area contributed by atoms with Crippen LogP contribution in [0.2, 0.25) is 0 Å². The summed E-state index contributed by atoms with van der Waals surface area (Å²) in [5.41, 5.74) is 2.11. The molecule has 2 aromatic rings. The topological polar surface area (TPSA) is 48.8 Å². The molecule has 1 aliphatic rings. The molecule has 26 heavy (non-hydrogen) atoms. The summed E-state index contributed by atoms with van der Waals surface area (Å²) in [5, 5.41) is 0. The fraction of sp³-hybridized carbons (Fsp3) is 0.400. The quantitative estimate of drug-likeness (QED) is 0.812. The predicted molar refractivity (Wildman–Crippen MR) is 101 cm³/mol. The highest BCUT2D eigenvalue weighted by Gasteiger charge is 2.22. The van der Waals surface area contributed by atoms with Gasteiger partial charge in [0.15, 0.2) is 0 Å². The average molecular weight is 354 g/mol. The third kappa shape index (κ3) is 4.52. The van der Waals surface area contributed by atoms with Crippen molar-refractivity contribution in [3.63, 3.8) is 0 Å². The lowest BCUT2D eigenvalue weighted by atomic mass is 10.1. The summed E-state index contributed by atoms with van der Waals surface area (Å²) in [5.74, 6) is 0.254. The van der Waals surface area contributed by atoms with Crippen molar-refractivity contribution >= 4 is 11.8 Å². The maximum atomic E-state index is 12.5. The Bertz CT molecular complexity index is 730. The highest BCUT2D eigenvalue weighted by atomic mass is 16.2. The van der Waals surface area contributed by atoms with Gasteiger partial charge in [0.2, 0.25) is 11.8 Å². The first kappa shape index (κ1) is 18.2. The van der Waals surface area contributed by atoms with E-state index in [1.54, 1.807) is 19.0 Å². The minimum atomic E-state index is 0.104.